The zero-order valence-electron chi connectivity index (χ0n) is 10.5. The lowest BCUT2D eigenvalue weighted by Gasteiger charge is -2.15. The van der Waals surface area contributed by atoms with Crippen LogP contribution in [0.25, 0.3) is 0 Å². The number of nitrogens with zero attached hydrogens (tertiary/aromatic N) is 1. The van der Waals surface area contributed by atoms with Crippen LogP contribution in [0.1, 0.15) is 16.0 Å². The monoisotopic (exact) mass is 272 g/mol. The topological polar surface area (TPSA) is 56.0 Å². The number of aliphatic hydroxyl groups is 1. The summed E-state index contributed by atoms with van der Waals surface area (Å²) in [7, 11) is 0. The molecule has 0 saturated heterocycles. The van der Waals surface area contributed by atoms with Gasteiger partial charge in [-0.2, -0.15) is 5.26 Å². The van der Waals surface area contributed by atoms with Crippen molar-refractivity contribution in [2.24, 2.45) is 0 Å². The van der Waals surface area contributed by atoms with Crippen LogP contribution < -0.4 is 5.32 Å². The number of rotatable bonds is 6. The van der Waals surface area contributed by atoms with Crippen molar-refractivity contribution in [2.45, 2.75) is 19.0 Å². The molecule has 98 valence electrons. The minimum Gasteiger partial charge on any atom is -0.395 e. The Morgan fingerprint density at radius 2 is 2.11 bits per heavy atom. The zero-order valence-corrected chi connectivity index (χ0v) is 11.4. The Balaban J connectivity index is 1.87. The molecule has 2 N–H and O–H groups in total. The molecule has 19 heavy (non-hydrogen) atoms. The lowest BCUT2D eigenvalue weighted by Crippen LogP contribution is -2.33. The zero-order chi connectivity index (χ0) is 13.5. The second-order valence-corrected chi connectivity index (χ2v) is 5.36. The van der Waals surface area contributed by atoms with E-state index in [2.05, 4.69) is 23.5 Å². The molecule has 2 rings (SSSR count). The third-order valence-electron chi connectivity index (χ3n) is 2.89. The number of thiophene rings is 1. The van der Waals surface area contributed by atoms with Gasteiger partial charge in [-0.3, -0.25) is 0 Å². The minimum absolute atomic E-state index is 0.0371. The average Bonchev–Trinajstić information content (AvgIpc) is 2.92. The minimum atomic E-state index is 0.0371. The molecule has 0 amide bonds. The van der Waals surface area contributed by atoms with Crippen LogP contribution in [0, 0.1) is 11.3 Å². The smallest absolute Gasteiger partial charge is 0.100 e. The molecule has 0 aliphatic heterocycles. The number of hydrogen-bond acceptors (Lipinski definition) is 4. The standard InChI is InChI=1S/C15H16N2OS/c16-8-13-7-15(19-11-13)9-17-14(10-18)6-12-4-2-1-3-5-12/h1-5,7,11,14,17-18H,6,9-10H2/t14-/m1/s1. The van der Waals surface area contributed by atoms with Gasteiger partial charge in [-0.05, 0) is 18.1 Å². The molecular weight excluding hydrogens is 256 g/mol. The van der Waals surface area contributed by atoms with Crippen LogP contribution in [-0.4, -0.2) is 17.8 Å². The maximum Gasteiger partial charge on any atom is 0.100 e. The fourth-order valence-corrected chi connectivity index (χ4v) is 2.64. The van der Waals surface area contributed by atoms with Gasteiger partial charge in [0.05, 0.1) is 12.2 Å². The highest BCUT2D eigenvalue weighted by atomic mass is 32.1. The van der Waals surface area contributed by atoms with Crippen LogP contribution in [0.5, 0.6) is 0 Å². The normalized spacial score (nSPS) is 12.0. The maximum atomic E-state index is 9.41. The van der Waals surface area contributed by atoms with E-state index in [0.717, 1.165) is 11.3 Å². The second kappa shape index (κ2) is 7.05. The number of nitriles is 1. The number of nitrogens with one attached hydrogen (secondary N) is 1. The van der Waals surface area contributed by atoms with E-state index >= 15 is 0 Å². The Kier molecular flexibility index (Phi) is 5.10. The largest absolute Gasteiger partial charge is 0.395 e. The summed E-state index contributed by atoms with van der Waals surface area (Å²) >= 11 is 1.57. The van der Waals surface area contributed by atoms with E-state index in [9.17, 15) is 5.11 Å². The van der Waals surface area contributed by atoms with Gasteiger partial charge >= 0.3 is 0 Å². The molecule has 2 aromatic rings. The Morgan fingerprint density at radius 3 is 2.74 bits per heavy atom. The fourth-order valence-electron chi connectivity index (χ4n) is 1.88. The first kappa shape index (κ1) is 13.8. The van der Waals surface area contributed by atoms with E-state index in [4.69, 9.17) is 5.26 Å². The summed E-state index contributed by atoms with van der Waals surface area (Å²) in [5.41, 5.74) is 1.91. The Hall–Kier alpha value is -1.67. The predicted octanol–water partition coefficient (Wildman–Crippen LogP) is 2.31. The first-order chi connectivity index (χ1) is 9.31. The summed E-state index contributed by atoms with van der Waals surface area (Å²) in [6.45, 7) is 0.787. The molecule has 0 radical (unpaired) electrons. The van der Waals surface area contributed by atoms with Crippen LogP contribution >= 0.6 is 11.3 Å². The summed E-state index contributed by atoms with van der Waals surface area (Å²) in [4.78, 5) is 1.11. The van der Waals surface area contributed by atoms with E-state index < -0.39 is 0 Å². The van der Waals surface area contributed by atoms with Gasteiger partial charge in [-0.1, -0.05) is 30.3 Å². The first-order valence-electron chi connectivity index (χ1n) is 6.17. The van der Waals surface area contributed by atoms with Crippen molar-refractivity contribution in [2.75, 3.05) is 6.61 Å². The molecule has 0 unspecified atom stereocenters. The van der Waals surface area contributed by atoms with Crippen molar-refractivity contribution in [1.29, 1.82) is 5.26 Å². The van der Waals surface area contributed by atoms with Crippen molar-refractivity contribution >= 4 is 11.3 Å². The predicted molar refractivity (Wildman–Crippen MR) is 76.9 cm³/mol. The maximum absolute atomic E-state index is 9.41. The summed E-state index contributed by atoms with van der Waals surface area (Å²) in [6.07, 6.45) is 0.799. The molecule has 1 atom stereocenters. The molecule has 4 heteroatoms. The lowest BCUT2D eigenvalue weighted by atomic mass is 10.1. The Labute approximate surface area is 117 Å². The molecule has 0 spiro atoms. The second-order valence-electron chi connectivity index (χ2n) is 4.36. The van der Waals surface area contributed by atoms with Crippen molar-refractivity contribution in [3.63, 3.8) is 0 Å². The van der Waals surface area contributed by atoms with E-state index in [1.807, 2.05) is 29.6 Å². The van der Waals surface area contributed by atoms with Gasteiger partial charge < -0.3 is 10.4 Å². The molecule has 0 aliphatic rings. The number of aliphatic hydroxyl groups excluding tert-OH is 1. The van der Waals surface area contributed by atoms with Crippen molar-refractivity contribution in [1.82, 2.24) is 5.32 Å². The number of benzene rings is 1. The van der Waals surface area contributed by atoms with Gasteiger partial charge in [0, 0.05) is 22.8 Å². The highest BCUT2D eigenvalue weighted by molar-refractivity contribution is 7.10. The fraction of sp³-hybridized carbons (Fsp3) is 0.267. The van der Waals surface area contributed by atoms with Crippen LogP contribution in [0.3, 0.4) is 0 Å². The molecule has 3 nitrogen and oxygen atoms in total. The van der Waals surface area contributed by atoms with Crippen LogP contribution in [0.2, 0.25) is 0 Å². The summed E-state index contributed by atoms with van der Waals surface area (Å²) < 4.78 is 0. The van der Waals surface area contributed by atoms with Gasteiger partial charge in [0.25, 0.3) is 0 Å². The highest BCUT2D eigenvalue weighted by Crippen LogP contribution is 2.14. The van der Waals surface area contributed by atoms with E-state index in [1.165, 1.54) is 5.56 Å². The molecule has 1 heterocycles. The summed E-state index contributed by atoms with van der Waals surface area (Å²) in [5.74, 6) is 0. The third kappa shape index (κ3) is 4.18. The van der Waals surface area contributed by atoms with Gasteiger partial charge in [0.15, 0.2) is 0 Å². The van der Waals surface area contributed by atoms with Crippen molar-refractivity contribution in [3.05, 3.63) is 57.8 Å². The summed E-state index contributed by atoms with van der Waals surface area (Å²) in [5, 5.41) is 23.3. The SMILES string of the molecule is N#Cc1csc(CN[C@@H](CO)Cc2ccccc2)c1. The average molecular weight is 272 g/mol. The molecule has 1 aromatic carbocycles. The molecule has 1 aromatic heterocycles. The lowest BCUT2D eigenvalue weighted by molar-refractivity contribution is 0.241. The molecule has 0 fully saturated rings. The molecule has 0 aliphatic carbocycles. The van der Waals surface area contributed by atoms with Crippen LogP contribution in [-0.2, 0) is 13.0 Å². The molecular formula is C15H16N2OS. The summed E-state index contributed by atoms with van der Waals surface area (Å²) in [6, 6.07) is 14.2. The van der Waals surface area contributed by atoms with Gasteiger partial charge in [-0.25, -0.2) is 0 Å². The number of hydrogen-bond donors (Lipinski definition) is 2. The van der Waals surface area contributed by atoms with Gasteiger partial charge in [0.2, 0.25) is 0 Å². The highest BCUT2D eigenvalue weighted by Gasteiger charge is 2.08. The Bertz CT molecular complexity index is 545. The molecule has 0 saturated carbocycles. The quantitative estimate of drug-likeness (QED) is 0.848. The molecule has 0 bridgehead atoms. The van der Waals surface area contributed by atoms with Gasteiger partial charge in [-0.15, -0.1) is 11.3 Å². The Morgan fingerprint density at radius 1 is 1.32 bits per heavy atom. The first-order valence-corrected chi connectivity index (χ1v) is 7.05. The van der Waals surface area contributed by atoms with Crippen LogP contribution in [0.15, 0.2) is 41.8 Å². The third-order valence-corrected chi connectivity index (χ3v) is 3.83. The van der Waals surface area contributed by atoms with E-state index in [1.54, 1.807) is 11.3 Å². The van der Waals surface area contributed by atoms with Crippen molar-refractivity contribution in [3.8, 4) is 6.07 Å². The van der Waals surface area contributed by atoms with E-state index in [0.29, 0.717) is 12.1 Å². The van der Waals surface area contributed by atoms with Gasteiger partial charge in [0.1, 0.15) is 6.07 Å². The van der Waals surface area contributed by atoms with E-state index in [-0.39, 0.29) is 12.6 Å². The van der Waals surface area contributed by atoms with Crippen molar-refractivity contribution < 1.29 is 5.11 Å². The van der Waals surface area contributed by atoms with Crippen LogP contribution in [0.4, 0.5) is 0 Å².